The molecule has 0 aliphatic heterocycles. The molecule has 0 unspecified atom stereocenters. The van der Waals surface area contributed by atoms with Gasteiger partial charge in [0.1, 0.15) is 11.3 Å². The summed E-state index contributed by atoms with van der Waals surface area (Å²) in [6.07, 6.45) is -5.34. The number of halogens is 8. The van der Waals surface area contributed by atoms with Crippen molar-refractivity contribution >= 4 is 17.4 Å². The lowest BCUT2D eigenvalue weighted by Gasteiger charge is -2.17. The Morgan fingerprint density at radius 3 is 1.85 bits per heavy atom. The quantitative estimate of drug-likeness (QED) is 0.242. The smallest absolute Gasteiger partial charge is 0.406 e. The molecule has 0 aliphatic carbocycles. The Balaban J connectivity index is 1.99. The van der Waals surface area contributed by atoms with Gasteiger partial charge in [-0.3, -0.25) is 4.79 Å². The van der Waals surface area contributed by atoms with Crippen LogP contribution in [0, 0.1) is 29.1 Å². The molecule has 0 fully saturated rings. The molecule has 0 radical (unpaired) electrons. The summed E-state index contributed by atoms with van der Waals surface area (Å²) in [6, 6.07) is 4.54. The van der Waals surface area contributed by atoms with Gasteiger partial charge in [0, 0.05) is 13.5 Å². The van der Waals surface area contributed by atoms with E-state index in [1.807, 2.05) is 0 Å². The van der Waals surface area contributed by atoms with Crippen LogP contribution >= 0.6 is 0 Å². The zero-order valence-electron chi connectivity index (χ0n) is 16.5. The van der Waals surface area contributed by atoms with Crippen LogP contribution in [0.15, 0.2) is 30.8 Å². The molecule has 0 aromatic heterocycles. The minimum Gasteiger partial charge on any atom is -0.406 e. The fourth-order valence-corrected chi connectivity index (χ4v) is 2.46. The molecule has 2 aromatic carbocycles. The average molecular weight is 483 g/mol. The molecule has 2 aromatic rings. The first kappa shape index (κ1) is 25.6. The van der Waals surface area contributed by atoms with E-state index < -0.39 is 58.6 Å². The molecular weight excluding hydrogens is 470 g/mol. The number of alkyl halides is 3. The number of amides is 1. The Labute approximate surface area is 180 Å². The average Bonchev–Trinajstić information content (AvgIpc) is 2.73. The van der Waals surface area contributed by atoms with Gasteiger partial charge in [-0.2, -0.15) is 5.06 Å². The van der Waals surface area contributed by atoms with E-state index in [2.05, 4.69) is 16.2 Å². The zero-order valence-corrected chi connectivity index (χ0v) is 16.5. The number of carbonyl (C=O) groups is 2. The van der Waals surface area contributed by atoms with Crippen LogP contribution in [-0.4, -0.2) is 30.3 Å². The van der Waals surface area contributed by atoms with Crippen molar-refractivity contribution in [3.63, 3.8) is 0 Å². The fraction of sp³-hybridized carbons (Fsp3) is 0.200. The highest BCUT2D eigenvalue weighted by Gasteiger charge is 2.32. The van der Waals surface area contributed by atoms with E-state index in [0.717, 1.165) is 19.2 Å². The van der Waals surface area contributed by atoms with Gasteiger partial charge in [0.25, 0.3) is 5.91 Å². The van der Waals surface area contributed by atoms with E-state index in [0.29, 0.717) is 11.1 Å². The molecule has 0 aliphatic rings. The molecule has 0 atom stereocenters. The van der Waals surface area contributed by atoms with E-state index in [-0.39, 0.29) is 17.9 Å². The lowest BCUT2D eigenvalue weighted by atomic mass is 10.0. The summed E-state index contributed by atoms with van der Waals surface area (Å²) >= 11 is 0. The third-order valence-electron chi connectivity index (χ3n) is 4.12. The van der Waals surface area contributed by atoms with Gasteiger partial charge in [0.15, 0.2) is 23.3 Å². The third kappa shape index (κ3) is 6.20. The summed E-state index contributed by atoms with van der Waals surface area (Å²) in [5, 5.41) is 0.230. The summed E-state index contributed by atoms with van der Waals surface area (Å²) in [4.78, 5) is 28.3. The molecule has 0 spiro atoms. The first-order valence-corrected chi connectivity index (χ1v) is 8.77. The highest BCUT2D eigenvalue weighted by molar-refractivity contribution is 5.91. The largest absolute Gasteiger partial charge is 0.573 e. The van der Waals surface area contributed by atoms with Gasteiger partial charge in [-0.05, 0) is 29.7 Å². The topological polar surface area (TPSA) is 55.8 Å². The van der Waals surface area contributed by atoms with E-state index >= 15 is 0 Å². The number of hydrogen-bond donors (Lipinski definition) is 0. The normalized spacial score (nSPS) is 11.2. The molecular formula is C20H13F8NO4. The lowest BCUT2D eigenvalue weighted by Crippen LogP contribution is -2.31. The molecule has 5 nitrogen and oxygen atoms in total. The second kappa shape index (κ2) is 9.88. The molecule has 0 heterocycles. The number of nitrogens with zero attached hydrogens (tertiary/aromatic N) is 1. The van der Waals surface area contributed by atoms with E-state index in [1.165, 1.54) is 12.1 Å². The Bertz CT molecular complexity index is 1050. The number of hydroxylamine groups is 2. The van der Waals surface area contributed by atoms with Crippen molar-refractivity contribution in [2.45, 2.75) is 19.2 Å². The highest BCUT2D eigenvalue weighted by Crippen LogP contribution is 2.26. The van der Waals surface area contributed by atoms with Gasteiger partial charge in [-0.15, -0.1) is 13.2 Å². The van der Waals surface area contributed by atoms with Crippen LogP contribution in [0.3, 0.4) is 0 Å². The van der Waals surface area contributed by atoms with Gasteiger partial charge >= 0.3 is 12.3 Å². The third-order valence-corrected chi connectivity index (χ3v) is 4.12. The Morgan fingerprint density at radius 1 is 0.879 bits per heavy atom. The SMILES string of the molecule is C=C(CCC(=O)N(C)OC(=O)c1c(F)c(F)c(F)c(F)c1F)c1ccc(OC(F)(F)F)cc1. The molecule has 0 saturated carbocycles. The number of allylic oxidation sites excluding steroid dienone is 1. The number of carbonyl (C=O) groups excluding carboxylic acids is 2. The molecule has 0 N–H and O–H groups in total. The molecule has 1 amide bonds. The molecule has 0 saturated heterocycles. The number of hydrogen-bond acceptors (Lipinski definition) is 4. The standard InChI is InChI=1S/C20H13F8NO4/c1-9(10-4-6-11(7-5-10)32-20(26,27)28)3-8-12(30)29(2)33-19(31)13-14(21)16(23)18(25)17(24)15(13)22/h4-7H,1,3,8H2,2H3. The number of rotatable bonds is 6. The first-order valence-electron chi connectivity index (χ1n) is 8.77. The van der Waals surface area contributed by atoms with Gasteiger partial charge in [-0.25, -0.2) is 26.7 Å². The summed E-state index contributed by atoms with van der Waals surface area (Å²) in [5.74, 6) is -15.5. The zero-order chi connectivity index (χ0) is 25.1. The summed E-state index contributed by atoms with van der Waals surface area (Å²) in [6.45, 7) is 3.66. The second-order valence-corrected chi connectivity index (χ2v) is 6.39. The summed E-state index contributed by atoms with van der Waals surface area (Å²) in [7, 11) is 0.859. The first-order chi connectivity index (χ1) is 15.2. The molecule has 2 rings (SSSR count). The molecule has 0 bridgehead atoms. The van der Waals surface area contributed by atoms with Crippen molar-refractivity contribution < 1.29 is 54.3 Å². The van der Waals surface area contributed by atoms with Crippen LogP contribution < -0.4 is 4.74 Å². The van der Waals surface area contributed by atoms with Crippen LogP contribution in [0.1, 0.15) is 28.8 Å². The maximum Gasteiger partial charge on any atom is 0.573 e. The molecule has 13 heteroatoms. The lowest BCUT2D eigenvalue weighted by molar-refractivity contribution is -0.274. The minimum absolute atomic E-state index is 0.0806. The Kier molecular flexibility index (Phi) is 7.67. The van der Waals surface area contributed by atoms with E-state index in [4.69, 9.17) is 0 Å². The minimum atomic E-state index is -4.87. The predicted octanol–water partition coefficient (Wildman–Crippen LogP) is 5.30. The van der Waals surface area contributed by atoms with Crippen LogP contribution in [0.2, 0.25) is 0 Å². The molecule has 178 valence electrons. The van der Waals surface area contributed by atoms with Crippen molar-refractivity contribution in [1.29, 1.82) is 0 Å². The monoisotopic (exact) mass is 483 g/mol. The summed E-state index contributed by atoms with van der Waals surface area (Å²) in [5.41, 5.74) is -1.23. The van der Waals surface area contributed by atoms with E-state index in [9.17, 15) is 44.7 Å². The van der Waals surface area contributed by atoms with Crippen LogP contribution in [0.5, 0.6) is 5.75 Å². The maximum absolute atomic E-state index is 13.7. The van der Waals surface area contributed by atoms with Crippen molar-refractivity contribution in [1.82, 2.24) is 5.06 Å². The van der Waals surface area contributed by atoms with Crippen LogP contribution in [-0.2, 0) is 9.63 Å². The maximum atomic E-state index is 13.7. The van der Waals surface area contributed by atoms with Crippen molar-refractivity contribution in [2.24, 2.45) is 0 Å². The molecule has 33 heavy (non-hydrogen) atoms. The summed E-state index contributed by atoms with van der Waals surface area (Å²) < 4.78 is 107. The van der Waals surface area contributed by atoms with Crippen molar-refractivity contribution in [2.75, 3.05) is 7.05 Å². The van der Waals surface area contributed by atoms with Gasteiger partial charge in [0.05, 0.1) is 0 Å². The Morgan fingerprint density at radius 2 is 1.36 bits per heavy atom. The predicted molar refractivity (Wildman–Crippen MR) is 95.8 cm³/mol. The number of ether oxygens (including phenoxy) is 1. The van der Waals surface area contributed by atoms with Crippen LogP contribution in [0.4, 0.5) is 35.1 Å². The van der Waals surface area contributed by atoms with Crippen LogP contribution in [0.25, 0.3) is 5.57 Å². The van der Waals surface area contributed by atoms with Gasteiger partial charge in [-0.1, -0.05) is 18.7 Å². The van der Waals surface area contributed by atoms with Gasteiger partial charge in [0.2, 0.25) is 5.82 Å². The van der Waals surface area contributed by atoms with Crippen molar-refractivity contribution in [3.8, 4) is 5.75 Å². The van der Waals surface area contributed by atoms with E-state index in [1.54, 1.807) is 0 Å². The number of benzene rings is 2. The Hall–Kier alpha value is -3.64. The van der Waals surface area contributed by atoms with Crippen molar-refractivity contribution in [3.05, 3.63) is 71.1 Å². The van der Waals surface area contributed by atoms with Gasteiger partial charge < -0.3 is 9.57 Å². The second-order valence-electron chi connectivity index (χ2n) is 6.39. The highest BCUT2D eigenvalue weighted by atomic mass is 19.4. The fourth-order valence-electron chi connectivity index (χ4n) is 2.46.